The third kappa shape index (κ3) is 4.37. The minimum atomic E-state index is -0.0644. The third-order valence-electron chi connectivity index (χ3n) is 5.13. The van der Waals surface area contributed by atoms with Gasteiger partial charge in [0, 0.05) is 12.5 Å². The molecule has 1 amide bonds. The number of aryl methyl sites for hydroxylation is 2. The first kappa shape index (κ1) is 19.7. The first-order chi connectivity index (χ1) is 13.8. The Labute approximate surface area is 174 Å². The Balaban J connectivity index is 1.53. The molecule has 0 bridgehead atoms. The van der Waals surface area contributed by atoms with Gasteiger partial charge in [-0.05, 0) is 37.3 Å². The van der Waals surface area contributed by atoms with Gasteiger partial charge >= 0.3 is 0 Å². The number of aromatic nitrogens is 4. The average Bonchev–Trinajstić information content (AvgIpc) is 3.26. The molecule has 0 spiro atoms. The first-order valence-corrected chi connectivity index (χ1v) is 10.7. The van der Waals surface area contributed by atoms with Crippen molar-refractivity contribution in [2.24, 2.45) is 5.41 Å². The van der Waals surface area contributed by atoms with Gasteiger partial charge in [-0.25, -0.2) is 4.68 Å². The van der Waals surface area contributed by atoms with Gasteiger partial charge in [0.1, 0.15) is 0 Å². The van der Waals surface area contributed by atoms with Crippen molar-refractivity contribution in [3.63, 3.8) is 0 Å². The van der Waals surface area contributed by atoms with E-state index < -0.39 is 0 Å². The second-order valence-corrected chi connectivity index (χ2v) is 9.26. The molecule has 7 nitrogen and oxygen atoms in total. The number of thioether (sulfide) groups is 1. The summed E-state index contributed by atoms with van der Waals surface area (Å²) in [6.07, 6.45) is 3.68. The lowest BCUT2D eigenvalue weighted by molar-refractivity contribution is -0.119. The summed E-state index contributed by atoms with van der Waals surface area (Å²) in [6, 6.07) is 8.28. The van der Waals surface area contributed by atoms with Gasteiger partial charge in [0.15, 0.2) is 0 Å². The predicted octanol–water partition coefficient (Wildman–Crippen LogP) is 3.79. The van der Waals surface area contributed by atoms with Crippen LogP contribution in [-0.2, 0) is 11.2 Å². The summed E-state index contributed by atoms with van der Waals surface area (Å²) in [4.78, 5) is 12.6. The van der Waals surface area contributed by atoms with E-state index in [0.29, 0.717) is 11.1 Å². The molecule has 1 unspecified atom stereocenters. The summed E-state index contributed by atoms with van der Waals surface area (Å²) in [5, 5.41) is 15.9. The van der Waals surface area contributed by atoms with Gasteiger partial charge in [0.05, 0.1) is 29.4 Å². The number of amides is 1. The molecule has 3 aromatic rings. The predicted molar refractivity (Wildman–Crippen MR) is 111 cm³/mol. The maximum Gasteiger partial charge on any atom is 0.277 e. The number of hydrogen-bond acceptors (Lipinski definition) is 6. The molecule has 8 heteroatoms. The number of carbonyl (C=O) groups excluding carboxylic acids is 1. The zero-order chi connectivity index (χ0) is 20.6. The van der Waals surface area contributed by atoms with Gasteiger partial charge in [-0.2, -0.15) is 5.10 Å². The Morgan fingerprint density at radius 2 is 2.03 bits per heavy atom. The van der Waals surface area contributed by atoms with Crippen molar-refractivity contribution in [3.8, 4) is 5.69 Å². The fourth-order valence-corrected chi connectivity index (χ4v) is 4.40. The molecule has 2 aromatic heterocycles. The maximum absolute atomic E-state index is 12.6. The summed E-state index contributed by atoms with van der Waals surface area (Å²) in [5.41, 5.74) is 4.58. The Bertz CT molecular complexity index is 1020. The van der Waals surface area contributed by atoms with Crippen LogP contribution in [-0.4, -0.2) is 31.6 Å². The number of carbonyl (C=O) groups is 1. The number of rotatable bonds is 5. The van der Waals surface area contributed by atoms with E-state index in [9.17, 15) is 4.79 Å². The fourth-order valence-electron chi connectivity index (χ4n) is 3.78. The van der Waals surface area contributed by atoms with Crippen LogP contribution in [0.4, 0.5) is 0 Å². The molecule has 0 saturated carbocycles. The van der Waals surface area contributed by atoms with Crippen molar-refractivity contribution in [1.29, 1.82) is 0 Å². The largest absolute Gasteiger partial charge is 0.416 e. The molecule has 4 rings (SSSR count). The third-order valence-corrected chi connectivity index (χ3v) is 5.95. The minimum Gasteiger partial charge on any atom is -0.416 e. The molecule has 1 aliphatic carbocycles. The van der Waals surface area contributed by atoms with E-state index in [1.807, 2.05) is 10.9 Å². The van der Waals surface area contributed by atoms with E-state index >= 15 is 0 Å². The van der Waals surface area contributed by atoms with E-state index in [1.54, 1.807) is 6.92 Å². The normalized spacial score (nSPS) is 17.7. The Hall–Kier alpha value is -2.61. The van der Waals surface area contributed by atoms with Crippen LogP contribution in [0, 0.1) is 19.3 Å². The zero-order valence-electron chi connectivity index (χ0n) is 17.1. The van der Waals surface area contributed by atoms with Gasteiger partial charge in [-0.1, -0.05) is 43.3 Å². The highest BCUT2D eigenvalue weighted by Crippen LogP contribution is 2.41. The molecule has 0 aliphatic heterocycles. The van der Waals surface area contributed by atoms with Crippen LogP contribution in [0.2, 0.25) is 0 Å². The van der Waals surface area contributed by atoms with E-state index in [-0.39, 0.29) is 23.1 Å². The van der Waals surface area contributed by atoms with Crippen molar-refractivity contribution in [1.82, 2.24) is 25.3 Å². The van der Waals surface area contributed by atoms with Gasteiger partial charge in [-0.15, -0.1) is 10.2 Å². The monoisotopic (exact) mass is 411 g/mol. The molecule has 1 N–H and O–H groups in total. The standard InChI is InChI=1S/C21H25N5O2S/c1-13-5-7-15(8-6-13)26-18-10-21(3,4)9-17(16(18)11-22-26)23-19(27)12-29-20-25-24-14(2)28-20/h5-8,11,17H,9-10,12H2,1-4H3,(H,23,27). The van der Waals surface area contributed by atoms with Crippen LogP contribution in [0.3, 0.4) is 0 Å². The molecule has 1 aliphatic rings. The van der Waals surface area contributed by atoms with Crippen molar-refractivity contribution in [2.75, 3.05) is 5.75 Å². The van der Waals surface area contributed by atoms with Crippen molar-refractivity contribution in [2.45, 2.75) is 51.8 Å². The molecular formula is C21H25N5O2S. The van der Waals surface area contributed by atoms with Crippen LogP contribution in [0.5, 0.6) is 0 Å². The van der Waals surface area contributed by atoms with Gasteiger partial charge in [0.2, 0.25) is 11.8 Å². The zero-order valence-corrected chi connectivity index (χ0v) is 17.9. The van der Waals surface area contributed by atoms with Crippen LogP contribution >= 0.6 is 11.8 Å². The van der Waals surface area contributed by atoms with E-state index in [0.717, 1.165) is 29.8 Å². The highest BCUT2D eigenvalue weighted by molar-refractivity contribution is 7.99. The van der Waals surface area contributed by atoms with Gasteiger partial charge in [0.25, 0.3) is 5.22 Å². The summed E-state index contributed by atoms with van der Waals surface area (Å²) in [6.45, 7) is 8.27. The van der Waals surface area contributed by atoms with Gasteiger partial charge in [-0.3, -0.25) is 4.79 Å². The Morgan fingerprint density at radius 3 is 2.72 bits per heavy atom. The Morgan fingerprint density at radius 1 is 1.28 bits per heavy atom. The van der Waals surface area contributed by atoms with Crippen molar-refractivity contribution in [3.05, 3.63) is 53.2 Å². The highest BCUT2D eigenvalue weighted by Gasteiger charge is 2.36. The molecule has 1 aromatic carbocycles. The molecule has 2 heterocycles. The second-order valence-electron chi connectivity index (χ2n) is 8.33. The van der Waals surface area contributed by atoms with E-state index in [1.165, 1.54) is 17.3 Å². The molecule has 152 valence electrons. The SMILES string of the molecule is Cc1ccc(-n2ncc3c2CC(C)(C)CC3NC(=O)CSc2nnc(C)o2)cc1. The molecule has 29 heavy (non-hydrogen) atoms. The van der Waals surface area contributed by atoms with Crippen molar-refractivity contribution < 1.29 is 9.21 Å². The molecule has 1 atom stereocenters. The van der Waals surface area contributed by atoms with Crippen molar-refractivity contribution >= 4 is 17.7 Å². The number of benzene rings is 1. The smallest absolute Gasteiger partial charge is 0.277 e. The lowest BCUT2D eigenvalue weighted by Gasteiger charge is -2.36. The second kappa shape index (κ2) is 7.67. The minimum absolute atomic E-state index is 0.0532. The number of nitrogens with one attached hydrogen (secondary N) is 1. The molecular weight excluding hydrogens is 386 g/mol. The number of nitrogens with zero attached hydrogens (tertiary/aromatic N) is 4. The average molecular weight is 412 g/mol. The lowest BCUT2D eigenvalue weighted by atomic mass is 9.74. The van der Waals surface area contributed by atoms with Crippen LogP contribution in [0.25, 0.3) is 5.69 Å². The van der Waals surface area contributed by atoms with E-state index in [2.05, 4.69) is 65.6 Å². The maximum atomic E-state index is 12.6. The van der Waals surface area contributed by atoms with Crippen LogP contribution in [0.1, 0.15) is 49.0 Å². The Kier molecular flexibility index (Phi) is 5.21. The summed E-state index contributed by atoms with van der Waals surface area (Å²) >= 11 is 1.25. The molecule has 0 fully saturated rings. The fraction of sp³-hybridized carbons (Fsp3) is 0.429. The first-order valence-electron chi connectivity index (χ1n) is 9.67. The van der Waals surface area contributed by atoms with Gasteiger partial charge < -0.3 is 9.73 Å². The number of hydrogen-bond donors (Lipinski definition) is 1. The van der Waals surface area contributed by atoms with Crippen LogP contribution in [0.15, 0.2) is 40.1 Å². The number of fused-ring (bicyclic) bond motifs is 1. The highest BCUT2D eigenvalue weighted by atomic mass is 32.2. The summed E-state index contributed by atoms with van der Waals surface area (Å²) < 4.78 is 7.33. The molecule has 0 saturated heterocycles. The summed E-state index contributed by atoms with van der Waals surface area (Å²) in [5.74, 6) is 0.678. The quantitative estimate of drug-likeness (QED) is 0.643. The molecule has 0 radical (unpaired) electrons. The van der Waals surface area contributed by atoms with Crippen LogP contribution < -0.4 is 5.32 Å². The van der Waals surface area contributed by atoms with E-state index in [4.69, 9.17) is 4.42 Å². The topological polar surface area (TPSA) is 85.8 Å². The summed E-state index contributed by atoms with van der Waals surface area (Å²) in [7, 11) is 0. The lowest BCUT2D eigenvalue weighted by Crippen LogP contribution is -2.37.